The van der Waals surface area contributed by atoms with Crippen LogP contribution < -0.4 is 16.5 Å². The van der Waals surface area contributed by atoms with Crippen molar-refractivity contribution in [2.75, 3.05) is 11.1 Å². The molecule has 2 amide bonds. The molecule has 0 saturated heterocycles. The molecule has 0 spiro atoms. The van der Waals surface area contributed by atoms with Crippen LogP contribution >= 0.6 is 0 Å². The second kappa shape index (κ2) is 7.68. The lowest BCUT2D eigenvalue weighted by molar-refractivity contribution is -0.384. The highest BCUT2D eigenvalue weighted by molar-refractivity contribution is 5.96. The van der Waals surface area contributed by atoms with Gasteiger partial charge in [-0.2, -0.15) is 5.10 Å². The van der Waals surface area contributed by atoms with Crippen molar-refractivity contribution in [2.45, 2.75) is 6.92 Å². The van der Waals surface area contributed by atoms with Gasteiger partial charge in [0.05, 0.1) is 16.7 Å². The van der Waals surface area contributed by atoms with E-state index in [9.17, 15) is 19.7 Å². The van der Waals surface area contributed by atoms with Crippen LogP contribution in [0.3, 0.4) is 0 Å². The van der Waals surface area contributed by atoms with Crippen LogP contribution in [0.4, 0.5) is 17.1 Å². The third-order valence-corrected chi connectivity index (χ3v) is 3.02. The van der Waals surface area contributed by atoms with E-state index in [2.05, 4.69) is 15.8 Å². The molecule has 0 heterocycles. The van der Waals surface area contributed by atoms with Gasteiger partial charge in [0.2, 0.25) is 5.91 Å². The summed E-state index contributed by atoms with van der Waals surface area (Å²) in [5, 5.41) is 17.2. The smallest absolute Gasteiger partial charge is 0.272 e. The Bertz CT molecular complexity index is 846. The van der Waals surface area contributed by atoms with Gasteiger partial charge in [-0.1, -0.05) is 12.1 Å². The molecule has 0 aromatic heterocycles. The fourth-order valence-electron chi connectivity index (χ4n) is 1.96. The average Bonchev–Trinajstić information content (AvgIpc) is 2.55. The first-order chi connectivity index (χ1) is 11.8. The average molecular weight is 341 g/mol. The van der Waals surface area contributed by atoms with Gasteiger partial charge < -0.3 is 11.1 Å². The Morgan fingerprint density at radius 3 is 2.48 bits per heavy atom. The topological polar surface area (TPSA) is 140 Å². The lowest BCUT2D eigenvalue weighted by Gasteiger charge is -2.03. The maximum Gasteiger partial charge on any atom is 0.272 e. The summed E-state index contributed by atoms with van der Waals surface area (Å²) in [5.74, 6) is -0.800. The number of nitrogen functional groups attached to an aromatic ring is 1. The van der Waals surface area contributed by atoms with E-state index in [0.29, 0.717) is 11.3 Å². The van der Waals surface area contributed by atoms with Gasteiger partial charge in [0, 0.05) is 30.4 Å². The summed E-state index contributed by atoms with van der Waals surface area (Å²) in [4.78, 5) is 33.1. The summed E-state index contributed by atoms with van der Waals surface area (Å²) in [6, 6.07) is 10.4. The van der Waals surface area contributed by atoms with Crippen LogP contribution in [0.2, 0.25) is 0 Å². The Morgan fingerprint density at radius 1 is 1.20 bits per heavy atom. The van der Waals surface area contributed by atoms with Gasteiger partial charge >= 0.3 is 0 Å². The summed E-state index contributed by atoms with van der Waals surface area (Å²) in [5.41, 5.74) is 9.01. The lowest BCUT2D eigenvalue weighted by Crippen LogP contribution is -2.18. The lowest BCUT2D eigenvalue weighted by atomic mass is 10.1. The second-order valence-electron chi connectivity index (χ2n) is 5.07. The van der Waals surface area contributed by atoms with Crippen LogP contribution in [0.25, 0.3) is 0 Å². The van der Waals surface area contributed by atoms with Gasteiger partial charge in [0.15, 0.2) is 0 Å². The van der Waals surface area contributed by atoms with Crippen LogP contribution in [0.5, 0.6) is 0 Å². The van der Waals surface area contributed by atoms with E-state index in [1.54, 1.807) is 24.3 Å². The molecule has 9 heteroatoms. The van der Waals surface area contributed by atoms with Gasteiger partial charge in [-0.05, 0) is 23.8 Å². The van der Waals surface area contributed by atoms with Crippen molar-refractivity contribution in [3.8, 4) is 0 Å². The first-order valence-corrected chi connectivity index (χ1v) is 7.11. The van der Waals surface area contributed by atoms with Gasteiger partial charge in [-0.15, -0.1) is 0 Å². The zero-order valence-corrected chi connectivity index (χ0v) is 13.2. The van der Waals surface area contributed by atoms with Crippen LogP contribution in [0, 0.1) is 10.1 Å². The highest BCUT2D eigenvalue weighted by atomic mass is 16.6. The second-order valence-corrected chi connectivity index (χ2v) is 5.07. The minimum absolute atomic E-state index is 0.0323. The van der Waals surface area contributed by atoms with E-state index < -0.39 is 10.8 Å². The van der Waals surface area contributed by atoms with Crippen LogP contribution in [-0.4, -0.2) is 23.0 Å². The number of anilines is 2. The number of hydrogen-bond donors (Lipinski definition) is 3. The SMILES string of the molecule is CC(=O)Nc1ccc(/C=N/NC(=O)c2cc(N)cc([N+](=O)[O-])c2)cc1. The summed E-state index contributed by atoms with van der Waals surface area (Å²) in [7, 11) is 0. The molecule has 0 bridgehead atoms. The number of nitrogens with one attached hydrogen (secondary N) is 2. The number of hydrogen-bond acceptors (Lipinski definition) is 6. The number of rotatable bonds is 5. The first-order valence-electron chi connectivity index (χ1n) is 7.11. The summed E-state index contributed by atoms with van der Waals surface area (Å²) >= 11 is 0. The molecule has 0 aliphatic rings. The maximum atomic E-state index is 12.0. The zero-order valence-electron chi connectivity index (χ0n) is 13.2. The van der Waals surface area contributed by atoms with E-state index in [1.807, 2.05) is 0 Å². The number of nitrogens with zero attached hydrogens (tertiary/aromatic N) is 2. The van der Waals surface area contributed by atoms with Crippen LogP contribution in [-0.2, 0) is 4.79 Å². The molecular formula is C16H15N5O4. The van der Waals surface area contributed by atoms with Crippen molar-refractivity contribution in [3.63, 3.8) is 0 Å². The quantitative estimate of drug-likeness (QED) is 0.330. The van der Waals surface area contributed by atoms with Crippen LogP contribution in [0.1, 0.15) is 22.8 Å². The molecule has 128 valence electrons. The fraction of sp³-hybridized carbons (Fsp3) is 0.0625. The summed E-state index contributed by atoms with van der Waals surface area (Å²) in [6.45, 7) is 1.41. The molecule has 2 aromatic carbocycles. The number of carbonyl (C=O) groups excluding carboxylic acids is 2. The van der Waals surface area contributed by atoms with Gasteiger partial charge in [-0.3, -0.25) is 19.7 Å². The molecule has 25 heavy (non-hydrogen) atoms. The van der Waals surface area contributed by atoms with E-state index in [1.165, 1.54) is 19.2 Å². The van der Waals surface area contributed by atoms with E-state index in [4.69, 9.17) is 5.73 Å². The Kier molecular flexibility index (Phi) is 5.41. The Morgan fingerprint density at radius 2 is 1.88 bits per heavy atom. The van der Waals surface area contributed by atoms with Crippen molar-refractivity contribution in [1.82, 2.24) is 5.43 Å². The molecule has 0 fully saturated rings. The number of non-ortho nitro benzene ring substituents is 1. The Hall–Kier alpha value is -3.75. The number of amides is 2. The molecular weight excluding hydrogens is 326 g/mol. The molecule has 2 aromatic rings. The summed E-state index contributed by atoms with van der Waals surface area (Å²) < 4.78 is 0. The zero-order chi connectivity index (χ0) is 18.4. The third-order valence-electron chi connectivity index (χ3n) is 3.02. The van der Waals surface area contributed by atoms with E-state index >= 15 is 0 Å². The molecule has 0 atom stereocenters. The van der Waals surface area contributed by atoms with Crippen LogP contribution in [0.15, 0.2) is 47.6 Å². The molecule has 0 radical (unpaired) electrons. The Balaban J connectivity index is 2.03. The van der Waals surface area contributed by atoms with Crippen molar-refractivity contribution >= 4 is 35.1 Å². The largest absolute Gasteiger partial charge is 0.399 e. The molecule has 4 N–H and O–H groups in total. The minimum atomic E-state index is -0.632. The first kappa shape index (κ1) is 17.6. The maximum absolute atomic E-state index is 12.0. The van der Waals surface area contributed by atoms with Gasteiger partial charge in [0.1, 0.15) is 0 Å². The van der Waals surface area contributed by atoms with Crippen molar-refractivity contribution in [1.29, 1.82) is 0 Å². The highest BCUT2D eigenvalue weighted by Crippen LogP contribution is 2.18. The predicted octanol–water partition coefficient (Wildman–Crippen LogP) is 1.90. The number of benzene rings is 2. The molecule has 0 unspecified atom stereocenters. The molecule has 0 aliphatic heterocycles. The monoisotopic (exact) mass is 341 g/mol. The summed E-state index contributed by atoms with van der Waals surface area (Å²) in [6.07, 6.45) is 1.40. The molecule has 0 aliphatic carbocycles. The molecule has 9 nitrogen and oxygen atoms in total. The van der Waals surface area contributed by atoms with E-state index in [-0.39, 0.29) is 22.8 Å². The number of nitrogens with two attached hydrogens (primary N) is 1. The molecule has 0 saturated carbocycles. The van der Waals surface area contributed by atoms with Crippen molar-refractivity contribution in [3.05, 3.63) is 63.7 Å². The minimum Gasteiger partial charge on any atom is -0.399 e. The number of nitro groups is 1. The fourth-order valence-corrected chi connectivity index (χ4v) is 1.96. The van der Waals surface area contributed by atoms with Gasteiger partial charge in [0.25, 0.3) is 11.6 Å². The highest BCUT2D eigenvalue weighted by Gasteiger charge is 2.13. The van der Waals surface area contributed by atoms with E-state index in [0.717, 1.165) is 12.1 Å². The van der Waals surface area contributed by atoms with Crippen molar-refractivity contribution < 1.29 is 14.5 Å². The number of nitro benzene ring substituents is 1. The number of carbonyl (C=O) groups is 2. The number of hydrazone groups is 1. The third kappa shape index (κ3) is 5.13. The molecule has 2 rings (SSSR count). The predicted molar refractivity (Wildman–Crippen MR) is 93.3 cm³/mol. The van der Waals surface area contributed by atoms with Crippen molar-refractivity contribution in [2.24, 2.45) is 5.10 Å². The Labute approximate surface area is 142 Å². The van der Waals surface area contributed by atoms with Gasteiger partial charge in [-0.25, -0.2) is 5.43 Å². The normalized spacial score (nSPS) is 10.4. The standard InChI is InChI=1S/C16H15N5O4/c1-10(22)19-14-4-2-11(3-5-14)9-18-20-16(23)12-6-13(17)8-15(7-12)21(24)25/h2-9H,17H2,1H3,(H,19,22)(H,20,23)/b18-9+.